The molecule has 0 bridgehead atoms. The van der Waals surface area contributed by atoms with Gasteiger partial charge in [0, 0.05) is 28.5 Å². The lowest BCUT2D eigenvalue weighted by Gasteiger charge is -2.12. The van der Waals surface area contributed by atoms with Crippen molar-refractivity contribution in [2.45, 2.75) is 13.3 Å². The third-order valence-electron chi connectivity index (χ3n) is 4.72. The van der Waals surface area contributed by atoms with E-state index < -0.39 is 0 Å². The van der Waals surface area contributed by atoms with E-state index in [2.05, 4.69) is 16.4 Å². The molecule has 0 atom stereocenters. The predicted octanol–water partition coefficient (Wildman–Crippen LogP) is 4.32. The van der Waals surface area contributed by atoms with E-state index in [1.54, 1.807) is 26.4 Å². The van der Waals surface area contributed by atoms with Crippen LogP contribution >= 0.6 is 11.3 Å². The number of carbonyl (C=O) groups excluding carboxylic acids is 1. The van der Waals surface area contributed by atoms with Gasteiger partial charge in [-0.3, -0.25) is 10.1 Å². The van der Waals surface area contributed by atoms with Crippen LogP contribution in [0.1, 0.15) is 21.5 Å². The van der Waals surface area contributed by atoms with Crippen LogP contribution in [0.15, 0.2) is 35.7 Å². The molecule has 0 spiro atoms. The van der Waals surface area contributed by atoms with Gasteiger partial charge in [0.15, 0.2) is 5.13 Å². The second-order valence-electron chi connectivity index (χ2n) is 6.42. The van der Waals surface area contributed by atoms with E-state index in [1.807, 2.05) is 24.4 Å². The van der Waals surface area contributed by atoms with Crippen molar-refractivity contribution in [2.75, 3.05) is 26.1 Å². The summed E-state index contributed by atoms with van der Waals surface area (Å²) < 4.78 is 16.2. The minimum Gasteiger partial charge on any atom is -0.496 e. The Morgan fingerprint density at radius 3 is 2.64 bits per heavy atom. The largest absolute Gasteiger partial charge is 0.496 e. The SMILES string of the molecule is COc1cc(C(=O)Nc2nc(-c3ccc4c(c3)CCO4)cs2)cc(OC)c1C. The highest BCUT2D eigenvalue weighted by atomic mass is 32.1. The minimum absolute atomic E-state index is 0.264. The lowest BCUT2D eigenvalue weighted by atomic mass is 10.1. The Labute approximate surface area is 167 Å². The number of aromatic nitrogens is 1. The molecule has 2 heterocycles. The molecule has 28 heavy (non-hydrogen) atoms. The topological polar surface area (TPSA) is 69.7 Å². The molecular weight excluding hydrogens is 376 g/mol. The average molecular weight is 396 g/mol. The minimum atomic E-state index is -0.264. The zero-order valence-corrected chi connectivity index (χ0v) is 16.7. The Balaban J connectivity index is 1.55. The summed E-state index contributed by atoms with van der Waals surface area (Å²) in [7, 11) is 3.14. The second-order valence-corrected chi connectivity index (χ2v) is 7.28. The molecule has 144 valence electrons. The van der Waals surface area contributed by atoms with E-state index in [-0.39, 0.29) is 5.91 Å². The Kier molecular flexibility index (Phi) is 4.92. The average Bonchev–Trinajstić information content (AvgIpc) is 3.36. The molecule has 7 heteroatoms. The van der Waals surface area contributed by atoms with Crippen molar-refractivity contribution < 1.29 is 19.0 Å². The van der Waals surface area contributed by atoms with E-state index in [4.69, 9.17) is 14.2 Å². The van der Waals surface area contributed by atoms with Gasteiger partial charge in [-0.25, -0.2) is 4.98 Å². The highest BCUT2D eigenvalue weighted by molar-refractivity contribution is 7.14. The van der Waals surface area contributed by atoms with Gasteiger partial charge in [0.1, 0.15) is 17.2 Å². The Bertz CT molecular complexity index is 1020. The number of hydrogen-bond acceptors (Lipinski definition) is 6. The van der Waals surface area contributed by atoms with Crippen LogP contribution < -0.4 is 19.5 Å². The summed E-state index contributed by atoms with van der Waals surface area (Å²) in [5.41, 5.74) is 4.33. The zero-order valence-electron chi connectivity index (χ0n) is 15.9. The summed E-state index contributed by atoms with van der Waals surface area (Å²) in [5.74, 6) is 1.88. The lowest BCUT2D eigenvalue weighted by Crippen LogP contribution is -2.12. The lowest BCUT2D eigenvalue weighted by molar-refractivity contribution is 0.102. The third kappa shape index (κ3) is 3.41. The highest BCUT2D eigenvalue weighted by Crippen LogP contribution is 2.33. The van der Waals surface area contributed by atoms with Crippen molar-refractivity contribution >= 4 is 22.4 Å². The molecule has 1 aliphatic rings. The fourth-order valence-electron chi connectivity index (χ4n) is 3.20. The number of benzene rings is 2. The van der Waals surface area contributed by atoms with E-state index in [0.29, 0.717) is 22.2 Å². The number of nitrogens with zero attached hydrogens (tertiary/aromatic N) is 1. The van der Waals surface area contributed by atoms with Gasteiger partial charge in [-0.1, -0.05) is 0 Å². The standard InChI is InChI=1S/C21H20N2O4S/c1-12-18(25-2)9-15(10-19(12)26-3)20(24)23-21-22-16(11-28-21)13-4-5-17-14(8-13)6-7-27-17/h4-5,8-11H,6-7H2,1-3H3,(H,22,23,24). The molecule has 2 aromatic carbocycles. The van der Waals surface area contributed by atoms with Crippen LogP contribution in [0.3, 0.4) is 0 Å². The van der Waals surface area contributed by atoms with Gasteiger partial charge in [-0.05, 0) is 42.8 Å². The van der Waals surface area contributed by atoms with Gasteiger partial charge in [-0.2, -0.15) is 0 Å². The number of methoxy groups -OCH3 is 2. The van der Waals surface area contributed by atoms with Gasteiger partial charge in [0.2, 0.25) is 0 Å². The normalized spacial score (nSPS) is 12.2. The Morgan fingerprint density at radius 2 is 1.93 bits per heavy atom. The summed E-state index contributed by atoms with van der Waals surface area (Å²) in [6, 6.07) is 9.45. The molecule has 6 nitrogen and oxygen atoms in total. The van der Waals surface area contributed by atoms with Gasteiger partial charge in [-0.15, -0.1) is 11.3 Å². The summed E-state index contributed by atoms with van der Waals surface area (Å²) in [6.07, 6.45) is 0.911. The number of rotatable bonds is 5. The first-order chi connectivity index (χ1) is 13.6. The third-order valence-corrected chi connectivity index (χ3v) is 5.48. The number of nitrogens with one attached hydrogen (secondary N) is 1. The molecule has 0 radical (unpaired) electrons. The molecule has 0 saturated carbocycles. The summed E-state index contributed by atoms with van der Waals surface area (Å²) >= 11 is 1.39. The molecule has 1 amide bonds. The van der Waals surface area contributed by atoms with E-state index in [0.717, 1.165) is 35.6 Å². The molecule has 3 aromatic rings. The van der Waals surface area contributed by atoms with Crippen LogP contribution in [0.4, 0.5) is 5.13 Å². The van der Waals surface area contributed by atoms with Gasteiger partial charge in [0.05, 0.1) is 26.5 Å². The molecule has 0 unspecified atom stereocenters. The van der Waals surface area contributed by atoms with Crippen LogP contribution in [0.25, 0.3) is 11.3 Å². The summed E-state index contributed by atoms with van der Waals surface area (Å²) in [4.78, 5) is 17.2. The molecule has 0 fully saturated rings. The number of thiazole rings is 1. The second kappa shape index (κ2) is 7.52. The maximum absolute atomic E-state index is 12.7. The number of hydrogen-bond donors (Lipinski definition) is 1. The van der Waals surface area contributed by atoms with Crippen molar-refractivity contribution in [3.05, 3.63) is 52.4 Å². The summed E-state index contributed by atoms with van der Waals surface area (Å²) in [6.45, 7) is 2.61. The molecule has 4 rings (SSSR count). The Morgan fingerprint density at radius 1 is 1.18 bits per heavy atom. The number of fused-ring (bicyclic) bond motifs is 1. The predicted molar refractivity (Wildman–Crippen MR) is 109 cm³/mol. The van der Waals surface area contributed by atoms with E-state index >= 15 is 0 Å². The smallest absolute Gasteiger partial charge is 0.257 e. The highest BCUT2D eigenvalue weighted by Gasteiger charge is 2.17. The summed E-state index contributed by atoms with van der Waals surface area (Å²) in [5, 5.41) is 5.33. The number of carbonyl (C=O) groups is 1. The molecular formula is C21H20N2O4S. The molecule has 0 saturated heterocycles. The van der Waals surface area contributed by atoms with Crippen LogP contribution in [0.2, 0.25) is 0 Å². The van der Waals surface area contributed by atoms with Crippen LogP contribution in [-0.2, 0) is 6.42 Å². The molecule has 0 aliphatic carbocycles. The number of amides is 1. The first kappa shape index (κ1) is 18.3. The van der Waals surface area contributed by atoms with Crippen molar-refractivity contribution in [3.8, 4) is 28.5 Å². The first-order valence-electron chi connectivity index (χ1n) is 8.84. The van der Waals surface area contributed by atoms with E-state index in [9.17, 15) is 4.79 Å². The fraction of sp³-hybridized carbons (Fsp3) is 0.238. The van der Waals surface area contributed by atoms with Crippen LogP contribution in [0.5, 0.6) is 17.2 Å². The monoisotopic (exact) mass is 396 g/mol. The van der Waals surface area contributed by atoms with Gasteiger partial charge < -0.3 is 14.2 Å². The first-order valence-corrected chi connectivity index (χ1v) is 9.72. The van der Waals surface area contributed by atoms with E-state index in [1.165, 1.54) is 16.9 Å². The van der Waals surface area contributed by atoms with Gasteiger partial charge >= 0.3 is 0 Å². The van der Waals surface area contributed by atoms with Crippen molar-refractivity contribution in [2.24, 2.45) is 0 Å². The maximum atomic E-state index is 12.7. The van der Waals surface area contributed by atoms with Crippen LogP contribution in [-0.4, -0.2) is 31.7 Å². The quantitative estimate of drug-likeness (QED) is 0.695. The molecule has 1 aliphatic heterocycles. The van der Waals surface area contributed by atoms with Crippen molar-refractivity contribution in [3.63, 3.8) is 0 Å². The van der Waals surface area contributed by atoms with Crippen molar-refractivity contribution in [1.29, 1.82) is 0 Å². The fourth-order valence-corrected chi connectivity index (χ4v) is 3.91. The Hall–Kier alpha value is -3.06. The number of ether oxygens (including phenoxy) is 3. The molecule has 1 aromatic heterocycles. The maximum Gasteiger partial charge on any atom is 0.257 e. The number of anilines is 1. The molecule has 1 N–H and O–H groups in total. The van der Waals surface area contributed by atoms with Crippen molar-refractivity contribution in [1.82, 2.24) is 4.98 Å². The van der Waals surface area contributed by atoms with Crippen LogP contribution in [0, 0.1) is 6.92 Å². The van der Waals surface area contributed by atoms with Gasteiger partial charge in [0.25, 0.3) is 5.91 Å². The zero-order chi connectivity index (χ0) is 19.7.